The molecule has 1 saturated heterocycles. The fourth-order valence-corrected chi connectivity index (χ4v) is 3.08. The first-order valence-corrected chi connectivity index (χ1v) is 9.76. The van der Waals surface area contributed by atoms with Gasteiger partial charge in [-0.3, -0.25) is 20.1 Å². The van der Waals surface area contributed by atoms with Gasteiger partial charge >= 0.3 is 0 Å². The van der Waals surface area contributed by atoms with Crippen molar-refractivity contribution in [2.24, 2.45) is 5.92 Å². The topological polar surface area (TPSA) is 94.4 Å². The van der Waals surface area contributed by atoms with E-state index in [1.807, 2.05) is 44.2 Å². The predicted octanol–water partition coefficient (Wildman–Crippen LogP) is 1.99. The molecule has 0 atom stereocenters. The van der Waals surface area contributed by atoms with Crippen LogP contribution in [0.4, 0.5) is 5.82 Å². The van der Waals surface area contributed by atoms with E-state index in [1.165, 1.54) is 6.20 Å². The minimum Gasteiger partial charge on any atom is -0.379 e. The average molecular weight is 394 g/mol. The number of carbonyl (C=O) groups is 1. The second-order valence-corrected chi connectivity index (χ2v) is 7.38. The third-order valence-corrected chi connectivity index (χ3v) is 4.53. The molecule has 1 aromatic heterocycles. The van der Waals surface area contributed by atoms with Gasteiger partial charge in [0.1, 0.15) is 6.07 Å². The summed E-state index contributed by atoms with van der Waals surface area (Å²) in [5, 5.41) is 10.7. The van der Waals surface area contributed by atoms with Gasteiger partial charge in [0.15, 0.2) is 5.82 Å². The number of hydrazine groups is 1. The molecule has 1 aromatic carbocycles. The Hall–Kier alpha value is -3.02. The Balaban J connectivity index is 1.67. The van der Waals surface area contributed by atoms with E-state index in [9.17, 15) is 4.79 Å². The van der Waals surface area contributed by atoms with E-state index in [1.54, 1.807) is 11.1 Å². The number of nitriles is 1. The molecular formula is C21H26N6O2. The van der Waals surface area contributed by atoms with Crippen LogP contribution in [0.25, 0.3) is 0 Å². The van der Waals surface area contributed by atoms with Crippen LogP contribution in [-0.2, 0) is 11.3 Å². The molecule has 0 spiro atoms. The molecule has 0 saturated carbocycles. The number of morpholine rings is 1. The van der Waals surface area contributed by atoms with E-state index in [4.69, 9.17) is 10.00 Å². The minimum absolute atomic E-state index is 0.0676. The lowest BCUT2D eigenvalue weighted by molar-refractivity contribution is 0.0342. The number of anilines is 1. The van der Waals surface area contributed by atoms with Crippen molar-refractivity contribution in [1.29, 1.82) is 5.26 Å². The molecule has 1 amide bonds. The van der Waals surface area contributed by atoms with Crippen LogP contribution < -0.4 is 10.4 Å². The number of carbonyl (C=O) groups excluding carboxylic acids is 1. The monoisotopic (exact) mass is 394 g/mol. The number of nitrogens with one attached hydrogen (secondary N) is 1. The molecular weight excluding hydrogens is 368 g/mol. The van der Waals surface area contributed by atoms with Crippen molar-refractivity contribution in [3.05, 3.63) is 53.5 Å². The summed E-state index contributed by atoms with van der Waals surface area (Å²) in [6, 6.07) is 11.2. The standard InChI is InChI=1S/C21H26N6O2/c1-16(2)14-27(20-7-8-23-19(13-22)24-20)25-21(28)18-5-3-17(4-6-18)15-26-9-11-29-12-10-26/h3-8,16H,9-12,14-15H2,1-2H3,(H,25,28). The number of hydrogen-bond acceptors (Lipinski definition) is 7. The zero-order chi connectivity index (χ0) is 20.6. The molecule has 3 rings (SSSR count). The Morgan fingerprint density at radius 3 is 2.66 bits per heavy atom. The molecule has 0 unspecified atom stereocenters. The molecule has 0 aliphatic carbocycles. The van der Waals surface area contributed by atoms with Crippen LogP contribution in [-0.4, -0.2) is 53.6 Å². The summed E-state index contributed by atoms with van der Waals surface area (Å²) in [5.41, 5.74) is 4.63. The van der Waals surface area contributed by atoms with Crippen LogP contribution in [0.5, 0.6) is 0 Å². The molecule has 0 radical (unpaired) electrons. The molecule has 2 aromatic rings. The van der Waals surface area contributed by atoms with E-state index in [0.717, 1.165) is 38.4 Å². The van der Waals surface area contributed by atoms with Crippen molar-refractivity contribution in [3.63, 3.8) is 0 Å². The maximum absolute atomic E-state index is 12.8. The van der Waals surface area contributed by atoms with Crippen LogP contribution in [0.2, 0.25) is 0 Å². The summed E-state index contributed by atoms with van der Waals surface area (Å²) < 4.78 is 5.38. The fraction of sp³-hybridized carbons (Fsp3) is 0.429. The Bertz CT molecular complexity index is 856. The molecule has 1 fully saturated rings. The first-order valence-electron chi connectivity index (χ1n) is 9.76. The lowest BCUT2D eigenvalue weighted by Crippen LogP contribution is -2.45. The SMILES string of the molecule is CC(C)CN(NC(=O)c1ccc(CN2CCOCC2)cc1)c1ccnc(C#N)n1. The van der Waals surface area contributed by atoms with Gasteiger partial charge in [-0.15, -0.1) is 0 Å². The summed E-state index contributed by atoms with van der Waals surface area (Å²) in [6.07, 6.45) is 1.51. The number of amides is 1. The highest BCUT2D eigenvalue weighted by Crippen LogP contribution is 2.13. The van der Waals surface area contributed by atoms with Crippen LogP contribution in [0, 0.1) is 17.2 Å². The van der Waals surface area contributed by atoms with Crippen molar-refractivity contribution in [2.45, 2.75) is 20.4 Å². The lowest BCUT2D eigenvalue weighted by Gasteiger charge is -2.27. The Morgan fingerprint density at radius 2 is 2.00 bits per heavy atom. The molecule has 8 nitrogen and oxygen atoms in total. The lowest BCUT2D eigenvalue weighted by atomic mass is 10.1. The second-order valence-electron chi connectivity index (χ2n) is 7.38. The van der Waals surface area contributed by atoms with Crippen LogP contribution in [0.3, 0.4) is 0 Å². The molecule has 8 heteroatoms. The molecule has 2 heterocycles. The first-order chi connectivity index (χ1) is 14.0. The van der Waals surface area contributed by atoms with E-state index in [0.29, 0.717) is 17.9 Å². The Kier molecular flexibility index (Phi) is 7.11. The van der Waals surface area contributed by atoms with E-state index in [-0.39, 0.29) is 17.6 Å². The van der Waals surface area contributed by atoms with Gasteiger partial charge < -0.3 is 4.74 Å². The van der Waals surface area contributed by atoms with Crippen molar-refractivity contribution < 1.29 is 9.53 Å². The van der Waals surface area contributed by atoms with E-state index >= 15 is 0 Å². The molecule has 0 bridgehead atoms. The highest BCUT2D eigenvalue weighted by Gasteiger charge is 2.16. The molecule has 29 heavy (non-hydrogen) atoms. The molecule has 1 N–H and O–H groups in total. The highest BCUT2D eigenvalue weighted by atomic mass is 16.5. The fourth-order valence-electron chi connectivity index (χ4n) is 3.08. The van der Waals surface area contributed by atoms with Gasteiger partial charge in [0.2, 0.25) is 5.82 Å². The zero-order valence-corrected chi connectivity index (χ0v) is 16.8. The van der Waals surface area contributed by atoms with Crippen molar-refractivity contribution in [2.75, 3.05) is 37.9 Å². The number of hydrogen-bond donors (Lipinski definition) is 1. The molecule has 152 valence electrons. The zero-order valence-electron chi connectivity index (χ0n) is 16.8. The van der Waals surface area contributed by atoms with Crippen molar-refractivity contribution in [3.8, 4) is 6.07 Å². The number of aromatic nitrogens is 2. The normalized spacial score (nSPS) is 14.4. The third kappa shape index (κ3) is 5.98. The average Bonchev–Trinajstić information content (AvgIpc) is 2.74. The Morgan fingerprint density at radius 1 is 1.28 bits per heavy atom. The maximum Gasteiger partial charge on any atom is 0.269 e. The number of nitrogens with zero attached hydrogens (tertiary/aromatic N) is 5. The smallest absolute Gasteiger partial charge is 0.269 e. The summed E-state index contributed by atoms with van der Waals surface area (Å²) in [7, 11) is 0. The van der Waals surface area contributed by atoms with Gasteiger partial charge in [-0.1, -0.05) is 26.0 Å². The predicted molar refractivity (Wildman–Crippen MR) is 109 cm³/mol. The second kappa shape index (κ2) is 9.96. The van der Waals surface area contributed by atoms with Crippen LogP contribution in [0.15, 0.2) is 36.5 Å². The quantitative estimate of drug-likeness (QED) is 0.718. The third-order valence-electron chi connectivity index (χ3n) is 4.53. The van der Waals surface area contributed by atoms with Gasteiger partial charge in [0, 0.05) is 44.0 Å². The number of rotatable bonds is 7. The number of ether oxygens (including phenoxy) is 1. The van der Waals surface area contributed by atoms with Crippen molar-refractivity contribution >= 4 is 11.7 Å². The maximum atomic E-state index is 12.8. The van der Waals surface area contributed by atoms with Gasteiger partial charge in [0.05, 0.1) is 13.2 Å². The van der Waals surface area contributed by atoms with Crippen LogP contribution >= 0.6 is 0 Å². The van der Waals surface area contributed by atoms with Gasteiger partial charge in [-0.05, 0) is 23.6 Å². The Labute approximate surface area is 171 Å². The number of benzene rings is 1. The van der Waals surface area contributed by atoms with Gasteiger partial charge in [0.25, 0.3) is 5.91 Å². The van der Waals surface area contributed by atoms with Gasteiger partial charge in [-0.25, -0.2) is 4.98 Å². The summed E-state index contributed by atoms with van der Waals surface area (Å²) in [4.78, 5) is 23.2. The summed E-state index contributed by atoms with van der Waals surface area (Å²) in [6.45, 7) is 8.89. The summed E-state index contributed by atoms with van der Waals surface area (Å²) >= 11 is 0. The van der Waals surface area contributed by atoms with Crippen LogP contribution in [0.1, 0.15) is 35.6 Å². The minimum atomic E-state index is -0.222. The highest BCUT2D eigenvalue weighted by molar-refractivity contribution is 5.95. The van der Waals surface area contributed by atoms with Gasteiger partial charge in [-0.2, -0.15) is 10.2 Å². The van der Waals surface area contributed by atoms with E-state index < -0.39 is 0 Å². The molecule has 1 aliphatic heterocycles. The van der Waals surface area contributed by atoms with Crippen molar-refractivity contribution in [1.82, 2.24) is 20.3 Å². The first kappa shape index (κ1) is 20.7. The largest absolute Gasteiger partial charge is 0.379 e. The molecule has 1 aliphatic rings. The summed E-state index contributed by atoms with van der Waals surface area (Å²) in [5.74, 6) is 0.618. The van der Waals surface area contributed by atoms with E-state index in [2.05, 4.69) is 20.3 Å².